The first-order chi connectivity index (χ1) is 6.69. The molecular formula is C10H11BrN2O. The fourth-order valence-corrected chi connectivity index (χ4v) is 1.57. The zero-order chi connectivity index (χ0) is 10.6. The second-order valence-corrected chi connectivity index (χ2v) is 3.48. The molecule has 4 heteroatoms. The summed E-state index contributed by atoms with van der Waals surface area (Å²) in [6, 6.07) is 5.44. The fourth-order valence-electron chi connectivity index (χ4n) is 1.03. The van der Waals surface area contributed by atoms with Crippen molar-refractivity contribution in [2.75, 3.05) is 7.11 Å². The predicted octanol–water partition coefficient (Wildman–Crippen LogP) is 2.30. The highest BCUT2D eigenvalue weighted by molar-refractivity contribution is 9.10. The van der Waals surface area contributed by atoms with Crippen molar-refractivity contribution < 1.29 is 4.74 Å². The van der Waals surface area contributed by atoms with Crippen LogP contribution < -0.4 is 10.5 Å². The van der Waals surface area contributed by atoms with Gasteiger partial charge in [-0.15, -0.1) is 0 Å². The highest BCUT2D eigenvalue weighted by Crippen LogP contribution is 2.25. The summed E-state index contributed by atoms with van der Waals surface area (Å²) in [7, 11) is 1.60. The minimum absolute atomic E-state index is 0.371. The summed E-state index contributed by atoms with van der Waals surface area (Å²) >= 11 is 3.35. The quantitative estimate of drug-likeness (QED) is 0.814. The maximum absolute atomic E-state index is 7.63. The third kappa shape index (κ3) is 2.35. The number of allylic oxidation sites excluding steroid dienone is 1. The second kappa shape index (κ2) is 4.81. The van der Waals surface area contributed by atoms with Crippen molar-refractivity contribution in [2.45, 2.75) is 0 Å². The Kier molecular flexibility index (Phi) is 3.71. The Balaban J connectivity index is 3.02. The van der Waals surface area contributed by atoms with E-state index < -0.39 is 0 Å². The molecule has 0 bridgehead atoms. The third-order valence-corrected chi connectivity index (χ3v) is 2.35. The van der Waals surface area contributed by atoms with Gasteiger partial charge >= 0.3 is 0 Å². The van der Waals surface area contributed by atoms with Crippen LogP contribution >= 0.6 is 15.9 Å². The molecule has 0 aliphatic rings. The zero-order valence-corrected chi connectivity index (χ0v) is 9.34. The molecule has 0 spiro atoms. The normalized spacial score (nSPS) is 10.4. The molecule has 0 heterocycles. The van der Waals surface area contributed by atoms with Crippen LogP contribution in [0.2, 0.25) is 0 Å². The molecule has 1 aromatic carbocycles. The van der Waals surface area contributed by atoms with E-state index in [-0.39, 0.29) is 0 Å². The number of nitrogens with one attached hydrogen (secondary N) is 1. The van der Waals surface area contributed by atoms with Crippen LogP contribution in [0.3, 0.4) is 0 Å². The SMILES string of the molecule is COc1ccc(C(=N)/C=C\N)cc1Br. The van der Waals surface area contributed by atoms with Crippen molar-refractivity contribution in [3.63, 3.8) is 0 Å². The van der Waals surface area contributed by atoms with E-state index in [1.807, 2.05) is 12.1 Å². The van der Waals surface area contributed by atoms with Gasteiger partial charge in [-0.25, -0.2) is 0 Å². The van der Waals surface area contributed by atoms with Gasteiger partial charge in [0, 0.05) is 5.56 Å². The smallest absolute Gasteiger partial charge is 0.133 e. The van der Waals surface area contributed by atoms with E-state index >= 15 is 0 Å². The first-order valence-electron chi connectivity index (χ1n) is 3.99. The average Bonchev–Trinajstić information content (AvgIpc) is 2.18. The van der Waals surface area contributed by atoms with Crippen molar-refractivity contribution in [2.24, 2.45) is 5.73 Å². The van der Waals surface area contributed by atoms with E-state index in [0.717, 1.165) is 15.8 Å². The molecule has 0 radical (unpaired) electrons. The summed E-state index contributed by atoms with van der Waals surface area (Å²) in [5, 5.41) is 7.63. The monoisotopic (exact) mass is 254 g/mol. The number of hydrogen-bond acceptors (Lipinski definition) is 3. The van der Waals surface area contributed by atoms with Crippen molar-refractivity contribution in [1.29, 1.82) is 5.41 Å². The third-order valence-electron chi connectivity index (χ3n) is 1.73. The van der Waals surface area contributed by atoms with Gasteiger partial charge in [-0.1, -0.05) is 0 Å². The number of nitrogens with two attached hydrogens (primary N) is 1. The van der Waals surface area contributed by atoms with E-state index in [1.165, 1.54) is 12.3 Å². The van der Waals surface area contributed by atoms with Crippen LogP contribution in [0.5, 0.6) is 5.75 Å². The highest BCUT2D eigenvalue weighted by Gasteiger charge is 2.03. The minimum atomic E-state index is 0.371. The van der Waals surface area contributed by atoms with Gasteiger partial charge in [-0.3, -0.25) is 0 Å². The Morgan fingerprint density at radius 3 is 2.79 bits per heavy atom. The van der Waals surface area contributed by atoms with Crippen LogP contribution in [-0.4, -0.2) is 12.8 Å². The Morgan fingerprint density at radius 1 is 1.57 bits per heavy atom. The standard InChI is InChI=1S/C10H11BrN2O/c1-14-10-3-2-7(6-8(10)11)9(13)4-5-12/h2-6,13H,12H2,1H3/b5-4-,13-9?. The Hall–Kier alpha value is -1.29. The molecule has 0 saturated carbocycles. The predicted molar refractivity (Wildman–Crippen MR) is 60.9 cm³/mol. The van der Waals surface area contributed by atoms with Crippen molar-refractivity contribution >= 4 is 21.6 Å². The van der Waals surface area contributed by atoms with E-state index in [4.69, 9.17) is 15.9 Å². The van der Waals surface area contributed by atoms with E-state index in [1.54, 1.807) is 13.2 Å². The van der Waals surface area contributed by atoms with Crippen LogP contribution in [0, 0.1) is 5.41 Å². The Labute approximate surface area is 91.2 Å². The van der Waals surface area contributed by atoms with Crippen LogP contribution in [0.25, 0.3) is 0 Å². The van der Waals surface area contributed by atoms with Gasteiger partial charge in [0.05, 0.1) is 17.3 Å². The number of benzene rings is 1. The summed E-state index contributed by atoms with van der Waals surface area (Å²) in [6.07, 6.45) is 2.88. The molecule has 74 valence electrons. The van der Waals surface area contributed by atoms with Gasteiger partial charge in [0.1, 0.15) is 5.75 Å². The molecule has 0 fully saturated rings. The van der Waals surface area contributed by atoms with E-state index in [0.29, 0.717) is 5.71 Å². The molecule has 0 aromatic heterocycles. The number of ether oxygens (including phenoxy) is 1. The molecule has 0 amide bonds. The maximum Gasteiger partial charge on any atom is 0.133 e. The maximum atomic E-state index is 7.63. The molecule has 0 saturated heterocycles. The van der Waals surface area contributed by atoms with Crippen molar-refractivity contribution in [3.8, 4) is 5.75 Å². The summed E-state index contributed by atoms with van der Waals surface area (Å²) in [5.41, 5.74) is 6.37. The van der Waals surface area contributed by atoms with Crippen molar-refractivity contribution in [1.82, 2.24) is 0 Å². The number of halogens is 1. The zero-order valence-electron chi connectivity index (χ0n) is 7.75. The molecule has 3 N–H and O–H groups in total. The lowest BCUT2D eigenvalue weighted by Gasteiger charge is -2.04. The number of hydrogen-bond donors (Lipinski definition) is 2. The van der Waals surface area contributed by atoms with Gasteiger partial charge in [-0.2, -0.15) is 0 Å². The number of methoxy groups -OCH3 is 1. The average molecular weight is 255 g/mol. The van der Waals surface area contributed by atoms with Gasteiger partial charge in [0.2, 0.25) is 0 Å². The van der Waals surface area contributed by atoms with Crippen LogP contribution in [0.1, 0.15) is 5.56 Å². The summed E-state index contributed by atoms with van der Waals surface area (Å²) < 4.78 is 5.91. The lowest BCUT2D eigenvalue weighted by molar-refractivity contribution is 0.412. The molecule has 0 unspecified atom stereocenters. The van der Waals surface area contributed by atoms with Crippen molar-refractivity contribution in [3.05, 3.63) is 40.5 Å². The van der Waals surface area contributed by atoms with E-state index in [2.05, 4.69) is 15.9 Å². The lowest BCUT2D eigenvalue weighted by Crippen LogP contribution is -1.96. The minimum Gasteiger partial charge on any atom is -0.496 e. The topological polar surface area (TPSA) is 59.1 Å². The molecule has 14 heavy (non-hydrogen) atoms. The van der Waals surface area contributed by atoms with Crippen LogP contribution in [0.15, 0.2) is 34.9 Å². The first kappa shape index (κ1) is 10.8. The molecular weight excluding hydrogens is 244 g/mol. The molecule has 0 atom stereocenters. The largest absolute Gasteiger partial charge is 0.496 e. The Bertz CT molecular complexity index is 374. The summed E-state index contributed by atoms with van der Waals surface area (Å²) in [6.45, 7) is 0. The van der Waals surface area contributed by atoms with Gasteiger partial charge in [0.15, 0.2) is 0 Å². The van der Waals surface area contributed by atoms with Gasteiger partial charge in [0.25, 0.3) is 0 Å². The van der Waals surface area contributed by atoms with E-state index in [9.17, 15) is 0 Å². The number of rotatable bonds is 3. The molecule has 3 nitrogen and oxygen atoms in total. The van der Waals surface area contributed by atoms with Crippen LogP contribution in [0.4, 0.5) is 0 Å². The molecule has 1 rings (SSSR count). The summed E-state index contributed by atoms with van der Waals surface area (Å²) in [4.78, 5) is 0. The van der Waals surface area contributed by atoms with Gasteiger partial charge in [-0.05, 0) is 46.4 Å². The second-order valence-electron chi connectivity index (χ2n) is 2.62. The van der Waals surface area contributed by atoms with Gasteiger partial charge < -0.3 is 15.9 Å². The lowest BCUT2D eigenvalue weighted by atomic mass is 10.1. The van der Waals surface area contributed by atoms with Crippen LogP contribution in [-0.2, 0) is 0 Å². The summed E-state index contributed by atoms with van der Waals surface area (Å²) in [5.74, 6) is 0.748. The fraction of sp³-hybridized carbons (Fsp3) is 0.100. The molecule has 0 aliphatic carbocycles. The molecule has 0 aliphatic heterocycles. The highest BCUT2D eigenvalue weighted by atomic mass is 79.9. The molecule has 1 aromatic rings. The Morgan fingerprint density at radius 2 is 2.29 bits per heavy atom. The first-order valence-corrected chi connectivity index (χ1v) is 4.79.